The predicted molar refractivity (Wildman–Crippen MR) is 68.1 cm³/mol. The average molecular weight is 250 g/mol. The fraction of sp³-hybridized carbons (Fsp3) is 1.00. The predicted octanol–water partition coefficient (Wildman–Crippen LogP) is 2.88. The van der Waals surface area contributed by atoms with Gasteiger partial charge in [-0.3, -0.25) is 0 Å². The van der Waals surface area contributed by atoms with Crippen molar-refractivity contribution in [2.45, 2.75) is 70.7 Å². The second-order valence-electron chi connectivity index (χ2n) is 4.38. The number of unbranched alkanes of at least 4 members (excludes halogenated alkanes) is 5. The molecular weight excluding hydrogens is 224 g/mol. The van der Waals surface area contributed by atoms with E-state index in [1.165, 1.54) is 19.3 Å². The maximum absolute atomic E-state index is 11.6. The molecule has 0 amide bonds. The Morgan fingerprint density at radius 1 is 0.938 bits per heavy atom. The quantitative estimate of drug-likeness (QED) is 0.607. The zero-order valence-electron chi connectivity index (χ0n) is 10.6. The first-order valence-corrected chi connectivity index (χ1v) is 8.15. The highest BCUT2D eigenvalue weighted by Gasteiger charge is 2.20. The molecule has 0 aromatic rings. The molecule has 0 aliphatic heterocycles. The molecule has 1 atom stereocenters. The van der Waals surface area contributed by atoms with Crippen LogP contribution in [0.2, 0.25) is 0 Å². The van der Waals surface area contributed by atoms with Crippen molar-refractivity contribution in [2.75, 3.05) is 5.75 Å². The number of sulfone groups is 1. The van der Waals surface area contributed by atoms with E-state index < -0.39 is 15.3 Å². The first-order chi connectivity index (χ1) is 7.54. The lowest BCUT2D eigenvalue weighted by Gasteiger charge is -2.10. The largest absolute Gasteiger partial charge is 0.377 e. The Morgan fingerprint density at radius 3 is 2.06 bits per heavy atom. The summed E-state index contributed by atoms with van der Waals surface area (Å²) in [5, 5.41) is 9.43. The minimum Gasteiger partial charge on any atom is -0.377 e. The fourth-order valence-corrected chi connectivity index (χ4v) is 3.12. The van der Waals surface area contributed by atoms with E-state index in [4.69, 9.17) is 0 Å². The van der Waals surface area contributed by atoms with Crippen LogP contribution in [0.3, 0.4) is 0 Å². The van der Waals surface area contributed by atoms with Gasteiger partial charge < -0.3 is 5.11 Å². The first-order valence-electron chi connectivity index (χ1n) is 6.44. The second-order valence-corrected chi connectivity index (χ2v) is 6.66. The normalized spacial score (nSPS) is 13.9. The van der Waals surface area contributed by atoms with E-state index in [9.17, 15) is 13.5 Å². The van der Waals surface area contributed by atoms with Gasteiger partial charge in [-0.15, -0.1) is 0 Å². The van der Waals surface area contributed by atoms with Crippen molar-refractivity contribution < 1.29 is 13.5 Å². The van der Waals surface area contributed by atoms with E-state index in [-0.39, 0.29) is 5.75 Å². The highest BCUT2D eigenvalue weighted by atomic mass is 32.2. The first kappa shape index (κ1) is 15.9. The molecule has 16 heavy (non-hydrogen) atoms. The molecule has 1 unspecified atom stereocenters. The maximum Gasteiger partial charge on any atom is 0.176 e. The molecule has 1 N–H and O–H groups in total. The molecular formula is C12H26O3S. The third kappa shape index (κ3) is 7.23. The molecule has 0 saturated carbocycles. The Kier molecular flexibility index (Phi) is 8.94. The summed E-state index contributed by atoms with van der Waals surface area (Å²) in [5.41, 5.74) is -1.15. The Hall–Kier alpha value is -0.0900. The van der Waals surface area contributed by atoms with E-state index in [1.54, 1.807) is 0 Å². The Morgan fingerprint density at radius 2 is 1.50 bits per heavy atom. The Balaban J connectivity index is 3.66. The molecule has 0 aromatic heterocycles. The van der Waals surface area contributed by atoms with Crippen molar-refractivity contribution in [3.05, 3.63) is 0 Å². The van der Waals surface area contributed by atoms with Gasteiger partial charge in [-0.2, -0.15) is 0 Å². The van der Waals surface area contributed by atoms with Crippen LogP contribution in [0.25, 0.3) is 0 Å². The number of hydrogen-bond acceptors (Lipinski definition) is 3. The highest BCUT2D eigenvalue weighted by molar-refractivity contribution is 7.91. The van der Waals surface area contributed by atoms with Gasteiger partial charge in [0.05, 0.1) is 5.75 Å². The Bertz CT molecular complexity index is 247. The smallest absolute Gasteiger partial charge is 0.176 e. The lowest BCUT2D eigenvalue weighted by Crippen LogP contribution is -2.23. The second kappa shape index (κ2) is 8.99. The van der Waals surface area contributed by atoms with Crippen LogP contribution in [-0.4, -0.2) is 24.7 Å². The monoisotopic (exact) mass is 250 g/mol. The topological polar surface area (TPSA) is 54.4 Å². The van der Waals surface area contributed by atoms with Crippen molar-refractivity contribution in [3.8, 4) is 0 Å². The molecule has 3 nitrogen and oxygen atoms in total. The standard InChI is InChI=1S/C12H26O3S/c1-3-5-6-7-8-9-11-16(14,15)12(13)10-4-2/h12-13H,3-11H2,1-2H3. The molecule has 4 heteroatoms. The SMILES string of the molecule is CCCCCCCCS(=O)(=O)C(O)CCC. The summed E-state index contributed by atoms with van der Waals surface area (Å²) >= 11 is 0. The minimum absolute atomic E-state index is 0.139. The van der Waals surface area contributed by atoms with Crippen molar-refractivity contribution >= 4 is 9.84 Å². The molecule has 0 radical (unpaired) electrons. The summed E-state index contributed by atoms with van der Waals surface area (Å²) < 4.78 is 23.1. The van der Waals surface area contributed by atoms with Gasteiger partial charge in [-0.25, -0.2) is 8.42 Å². The molecule has 0 aliphatic carbocycles. The van der Waals surface area contributed by atoms with Crippen LogP contribution in [0.1, 0.15) is 65.2 Å². The molecule has 0 saturated heterocycles. The number of rotatable bonds is 10. The van der Waals surface area contributed by atoms with Gasteiger partial charge in [0.2, 0.25) is 0 Å². The maximum atomic E-state index is 11.6. The summed E-state index contributed by atoms with van der Waals surface area (Å²) in [6.45, 7) is 4.04. The number of aliphatic hydroxyl groups is 1. The van der Waals surface area contributed by atoms with Crippen LogP contribution in [-0.2, 0) is 9.84 Å². The van der Waals surface area contributed by atoms with Crippen LogP contribution < -0.4 is 0 Å². The van der Waals surface area contributed by atoms with Crippen LogP contribution in [0.15, 0.2) is 0 Å². The number of hydrogen-bond donors (Lipinski definition) is 1. The van der Waals surface area contributed by atoms with E-state index in [0.717, 1.165) is 12.8 Å². The molecule has 98 valence electrons. The molecule has 0 fully saturated rings. The van der Waals surface area contributed by atoms with Crippen LogP contribution in [0.4, 0.5) is 0 Å². The van der Waals surface area contributed by atoms with Crippen molar-refractivity contribution in [1.82, 2.24) is 0 Å². The summed E-state index contributed by atoms with van der Waals surface area (Å²) in [6, 6.07) is 0. The fourth-order valence-electron chi connectivity index (χ4n) is 1.65. The van der Waals surface area contributed by atoms with Gasteiger partial charge in [0.15, 0.2) is 15.3 Å². The Labute approximate surface area is 100 Å². The van der Waals surface area contributed by atoms with Crippen molar-refractivity contribution in [1.29, 1.82) is 0 Å². The molecule has 0 aromatic carbocycles. The summed E-state index contributed by atoms with van der Waals surface area (Å²) in [7, 11) is -3.26. The van der Waals surface area contributed by atoms with E-state index >= 15 is 0 Å². The van der Waals surface area contributed by atoms with E-state index in [0.29, 0.717) is 19.3 Å². The zero-order chi connectivity index (χ0) is 12.4. The van der Waals surface area contributed by atoms with Gasteiger partial charge in [-0.1, -0.05) is 52.4 Å². The summed E-state index contributed by atoms with van der Waals surface area (Å²) in [6.07, 6.45) is 7.43. The van der Waals surface area contributed by atoms with Crippen molar-refractivity contribution in [2.24, 2.45) is 0 Å². The van der Waals surface area contributed by atoms with Crippen LogP contribution >= 0.6 is 0 Å². The molecule has 0 rings (SSSR count). The third-order valence-electron chi connectivity index (χ3n) is 2.73. The van der Waals surface area contributed by atoms with Gasteiger partial charge >= 0.3 is 0 Å². The van der Waals surface area contributed by atoms with E-state index in [1.807, 2.05) is 6.92 Å². The van der Waals surface area contributed by atoms with Gasteiger partial charge in [0.1, 0.15) is 0 Å². The molecule has 0 heterocycles. The average Bonchev–Trinajstić information content (AvgIpc) is 2.23. The zero-order valence-corrected chi connectivity index (χ0v) is 11.4. The highest BCUT2D eigenvalue weighted by Crippen LogP contribution is 2.11. The van der Waals surface area contributed by atoms with Gasteiger partial charge in [0.25, 0.3) is 0 Å². The molecule has 0 bridgehead atoms. The summed E-state index contributed by atoms with van der Waals surface area (Å²) in [4.78, 5) is 0. The minimum atomic E-state index is -3.26. The third-order valence-corrected chi connectivity index (χ3v) is 4.66. The van der Waals surface area contributed by atoms with E-state index in [2.05, 4.69) is 6.92 Å². The lowest BCUT2D eigenvalue weighted by atomic mass is 10.1. The van der Waals surface area contributed by atoms with Crippen LogP contribution in [0, 0.1) is 0 Å². The number of aliphatic hydroxyl groups excluding tert-OH is 1. The van der Waals surface area contributed by atoms with Gasteiger partial charge in [-0.05, 0) is 12.8 Å². The molecule has 0 aliphatic rings. The van der Waals surface area contributed by atoms with Gasteiger partial charge in [0, 0.05) is 0 Å². The summed E-state index contributed by atoms with van der Waals surface area (Å²) in [5.74, 6) is 0.139. The van der Waals surface area contributed by atoms with Crippen molar-refractivity contribution in [3.63, 3.8) is 0 Å². The lowest BCUT2D eigenvalue weighted by molar-refractivity contribution is 0.237. The van der Waals surface area contributed by atoms with Crippen LogP contribution in [0.5, 0.6) is 0 Å². The molecule has 0 spiro atoms.